The number of carbonyl (C=O) groups is 1. The van der Waals surface area contributed by atoms with E-state index in [9.17, 15) is 9.59 Å². The van der Waals surface area contributed by atoms with Gasteiger partial charge >= 0.3 is 0 Å². The van der Waals surface area contributed by atoms with E-state index in [0.29, 0.717) is 37.8 Å². The van der Waals surface area contributed by atoms with Crippen LogP contribution in [0.4, 0.5) is 0 Å². The van der Waals surface area contributed by atoms with E-state index in [2.05, 4.69) is 20.6 Å². The Bertz CT molecular complexity index is 561. The predicted molar refractivity (Wildman–Crippen MR) is 85.4 cm³/mol. The molecule has 0 aliphatic carbocycles. The summed E-state index contributed by atoms with van der Waals surface area (Å²) in [7, 11) is 1.63. The lowest BCUT2D eigenvalue weighted by molar-refractivity contribution is 0.0951. The first-order valence-corrected chi connectivity index (χ1v) is 7.36. The van der Waals surface area contributed by atoms with Crippen molar-refractivity contribution in [2.75, 3.05) is 33.4 Å². The van der Waals surface area contributed by atoms with Crippen LogP contribution in [-0.4, -0.2) is 49.2 Å². The fourth-order valence-corrected chi connectivity index (χ4v) is 1.86. The second kappa shape index (κ2) is 8.05. The maximum atomic E-state index is 12.1. The van der Waals surface area contributed by atoms with Crippen molar-refractivity contribution >= 4 is 5.91 Å². The molecule has 0 unspecified atom stereocenters. The van der Waals surface area contributed by atoms with Gasteiger partial charge in [0.15, 0.2) is 0 Å². The van der Waals surface area contributed by atoms with Gasteiger partial charge in [-0.2, -0.15) is 0 Å². The maximum absolute atomic E-state index is 12.1. The molecule has 7 heteroatoms. The molecular weight excluding hydrogens is 284 g/mol. The summed E-state index contributed by atoms with van der Waals surface area (Å²) < 4.78 is 4.91. The summed E-state index contributed by atoms with van der Waals surface area (Å²) in [6.45, 7) is 9.92. The van der Waals surface area contributed by atoms with E-state index >= 15 is 0 Å². The van der Waals surface area contributed by atoms with Gasteiger partial charge in [-0.05, 0) is 6.92 Å². The second-order valence-corrected chi connectivity index (χ2v) is 6.12. The van der Waals surface area contributed by atoms with Gasteiger partial charge in [0.1, 0.15) is 11.4 Å². The van der Waals surface area contributed by atoms with Gasteiger partial charge in [0, 0.05) is 32.2 Å². The highest BCUT2D eigenvalue weighted by Crippen LogP contribution is 2.17. The number of rotatable bonds is 7. The Kier molecular flexibility index (Phi) is 6.70. The van der Waals surface area contributed by atoms with Crippen molar-refractivity contribution in [2.45, 2.75) is 33.1 Å². The number of aromatic amines is 1. The van der Waals surface area contributed by atoms with E-state index in [-0.39, 0.29) is 11.0 Å². The zero-order valence-electron chi connectivity index (χ0n) is 14.0. The molecule has 0 radical (unpaired) electrons. The molecule has 0 saturated heterocycles. The molecule has 124 valence electrons. The molecule has 0 aliphatic heterocycles. The number of methoxy groups -OCH3 is 1. The molecule has 0 fully saturated rings. The van der Waals surface area contributed by atoms with Crippen molar-refractivity contribution < 1.29 is 9.53 Å². The molecule has 1 heterocycles. The highest BCUT2D eigenvalue weighted by atomic mass is 16.5. The number of carbonyl (C=O) groups excluding carboxylic acids is 1. The van der Waals surface area contributed by atoms with Crippen LogP contribution in [-0.2, 0) is 10.2 Å². The third-order valence-corrected chi connectivity index (χ3v) is 3.11. The number of ether oxygens (including phenoxy) is 1. The number of aromatic nitrogens is 2. The van der Waals surface area contributed by atoms with Crippen LogP contribution in [0.1, 0.15) is 42.6 Å². The Morgan fingerprint density at radius 2 is 1.95 bits per heavy atom. The zero-order chi connectivity index (χ0) is 16.8. The summed E-state index contributed by atoms with van der Waals surface area (Å²) in [5.74, 6) is 0.174. The summed E-state index contributed by atoms with van der Waals surface area (Å²) in [6.07, 6.45) is 0. The Morgan fingerprint density at radius 3 is 2.50 bits per heavy atom. The van der Waals surface area contributed by atoms with E-state index in [0.717, 1.165) is 0 Å². The second-order valence-electron chi connectivity index (χ2n) is 6.12. The first-order chi connectivity index (χ1) is 10.3. The van der Waals surface area contributed by atoms with Crippen molar-refractivity contribution in [1.82, 2.24) is 20.6 Å². The first kappa shape index (κ1) is 18.3. The fourth-order valence-electron chi connectivity index (χ4n) is 1.86. The van der Waals surface area contributed by atoms with Gasteiger partial charge in [-0.1, -0.05) is 20.8 Å². The van der Waals surface area contributed by atoms with E-state index in [1.54, 1.807) is 14.0 Å². The summed E-state index contributed by atoms with van der Waals surface area (Å²) in [5, 5.41) is 5.82. The zero-order valence-corrected chi connectivity index (χ0v) is 14.0. The highest BCUT2D eigenvalue weighted by Gasteiger charge is 2.21. The molecule has 1 aromatic heterocycles. The minimum absolute atomic E-state index is 0.0740. The van der Waals surface area contributed by atoms with Crippen LogP contribution in [0.15, 0.2) is 4.79 Å². The SMILES string of the molecule is COCCNCCNC(=O)c1c(C)nc(C(C)(C)C)[nH]c1=O. The number of amides is 1. The van der Waals surface area contributed by atoms with Crippen LogP contribution in [0.3, 0.4) is 0 Å². The van der Waals surface area contributed by atoms with Gasteiger partial charge in [0.2, 0.25) is 0 Å². The van der Waals surface area contributed by atoms with E-state index in [4.69, 9.17) is 4.74 Å². The molecule has 1 amide bonds. The lowest BCUT2D eigenvalue weighted by atomic mass is 9.95. The average Bonchev–Trinajstić information content (AvgIpc) is 2.40. The van der Waals surface area contributed by atoms with Gasteiger partial charge in [-0.3, -0.25) is 9.59 Å². The van der Waals surface area contributed by atoms with Gasteiger partial charge < -0.3 is 20.4 Å². The van der Waals surface area contributed by atoms with Crippen LogP contribution >= 0.6 is 0 Å². The molecule has 1 rings (SSSR count). The Hall–Kier alpha value is -1.73. The number of hydrogen-bond acceptors (Lipinski definition) is 5. The molecular formula is C15H26N4O3. The monoisotopic (exact) mass is 310 g/mol. The minimum atomic E-state index is -0.403. The lowest BCUT2D eigenvalue weighted by Crippen LogP contribution is -2.37. The topological polar surface area (TPSA) is 96.1 Å². The van der Waals surface area contributed by atoms with E-state index < -0.39 is 11.5 Å². The number of nitrogens with one attached hydrogen (secondary N) is 3. The molecule has 3 N–H and O–H groups in total. The Morgan fingerprint density at radius 1 is 1.27 bits per heavy atom. The number of H-pyrrole nitrogens is 1. The van der Waals surface area contributed by atoms with Crippen LogP contribution in [0.25, 0.3) is 0 Å². The predicted octanol–water partition coefficient (Wildman–Crippen LogP) is 0.342. The Balaban J connectivity index is 2.69. The van der Waals surface area contributed by atoms with Crippen molar-refractivity contribution in [2.24, 2.45) is 0 Å². The van der Waals surface area contributed by atoms with E-state index in [1.165, 1.54) is 0 Å². The third kappa shape index (κ3) is 5.23. The summed E-state index contributed by atoms with van der Waals surface area (Å²) in [4.78, 5) is 31.3. The average molecular weight is 310 g/mol. The van der Waals surface area contributed by atoms with Crippen molar-refractivity contribution in [3.05, 3.63) is 27.4 Å². The van der Waals surface area contributed by atoms with Crippen molar-refractivity contribution in [3.63, 3.8) is 0 Å². The van der Waals surface area contributed by atoms with Crippen molar-refractivity contribution in [3.8, 4) is 0 Å². The summed E-state index contributed by atoms with van der Waals surface area (Å²) in [6, 6.07) is 0. The molecule has 0 aliphatic rings. The molecule has 7 nitrogen and oxygen atoms in total. The van der Waals surface area contributed by atoms with E-state index in [1.807, 2.05) is 20.8 Å². The van der Waals surface area contributed by atoms with Gasteiger partial charge in [0.25, 0.3) is 11.5 Å². The number of hydrogen-bond donors (Lipinski definition) is 3. The molecule has 1 aromatic rings. The minimum Gasteiger partial charge on any atom is -0.383 e. The number of aryl methyl sites for hydroxylation is 1. The lowest BCUT2D eigenvalue weighted by Gasteiger charge is -2.18. The van der Waals surface area contributed by atoms with Crippen LogP contribution in [0.5, 0.6) is 0 Å². The normalized spacial score (nSPS) is 11.5. The Labute approximate surface area is 130 Å². The third-order valence-electron chi connectivity index (χ3n) is 3.11. The van der Waals surface area contributed by atoms with Gasteiger partial charge in [0.05, 0.1) is 12.3 Å². The molecule has 0 saturated carbocycles. The maximum Gasteiger partial charge on any atom is 0.264 e. The van der Waals surface area contributed by atoms with Crippen LogP contribution < -0.4 is 16.2 Å². The molecule has 0 atom stereocenters. The molecule has 0 aromatic carbocycles. The summed E-state index contributed by atoms with van der Waals surface area (Å²) in [5.41, 5.74) is -0.157. The quantitative estimate of drug-likeness (QED) is 0.631. The first-order valence-electron chi connectivity index (χ1n) is 7.36. The largest absolute Gasteiger partial charge is 0.383 e. The van der Waals surface area contributed by atoms with Crippen molar-refractivity contribution in [1.29, 1.82) is 0 Å². The molecule has 22 heavy (non-hydrogen) atoms. The molecule has 0 bridgehead atoms. The molecule has 0 spiro atoms. The van der Waals surface area contributed by atoms with Crippen LogP contribution in [0.2, 0.25) is 0 Å². The van der Waals surface area contributed by atoms with Gasteiger partial charge in [-0.15, -0.1) is 0 Å². The smallest absolute Gasteiger partial charge is 0.264 e. The van der Waals surface area contributed by atoms with Gasteiger partial charge in [-0.25, -0.2) is 4.98 Å². The fraction of sp³-hybridized carbons (Fsp3) is 0.667. The highest BCUT2D eigenvalue weighted by molar-refractivity contribution is 5.94. The van der Waals surface area contributed by atoms with Crippen LogP contribution in [0, 0.1) is 6.92 Å². The summed E-state index contributed by atoms with van der Waals surface area (Å²) >= 11 is 0. The standard InChI is InChI=1S/C15H26N4O3/c1-10-11(12(20)17-7-6-16-8-9-22-5)13(21)19-14(18-10)15(2,3)4/h16H,6-9H2,1-5H3,(H,17,20)(H,18,19,21). The number of nitrogens with zero attached hydrogens (tertiary/aromatic N) is 1.